The summed E-state index contributed by atoms with van der Waals surface area (Å²) >= 11 is 0. The molecule has 0 radical (unpaired) electrons. The first-order valence-electron chi connectivity index (χ1n) is 5.60. The van der Waals surface area contributed by atoms with Gasteiger partial charge in [-0.1, -0.05) is 0 Å². The molecule has 1 rings (SSSR count). The first-order chi connectivity index (χ1) is 8.54. The Kier molecular flexibility index (Phi) is 5.97. The molecule has 0 aromatic heterocycles. The van der Waals surface area contributed by atoms with Crippen LogP contribution in [-0.4, -0.2) is 69.7 Å². The van der Waals surface area contributed by atoms with Gasteiger partial charge in [-0.3, -0.25) is 4.79 Å². The molecule has 0 aromatic carbocycles. The minimum absolute atomic E-state index is 0.0127. The Labute approximate surface area is 106 Å². The van der Waals surface area contributed by atoms with Gasteiger partial charge in [0.2, 0.25) is 0 Å². The fourth-order valence-corrected chi connectivity index (χ4v) is 2.03. The summed E-state index contributed by atoms with van der Waals surface area (Å²) in [7, 11) is 4.43. The third kappa shape index (κ3) is 3.39. The maximum Gasteiger partial charge on any atom is 0.302 e. The molecular weight excluding hydrogens is 244 g/mol. The Morgan fingerprint density at radius 1 is 1.11 bits per heavy atom. The van der Waals surface area contributed by atoms with Crippen molar-refractivity contribution in [1.82, 2.24) is 0 Å². The quantitative estimate of drug-likeness (QED) is 0.658. The number of aliphatic hydroxyl groups is 1. The molecule has 1 aliphatic heterocycles. The molecule has 0 saturated carbocycles. The maximum atomic E-state index is 10.8. The van der Waals surface area contributed by atoms with Crippen molar-refractivity contribution in [2.24, 2.45) is 0 Å². The van der Waals surface area contributed by atoms with Gasteiger partial charge in [0.25, 0.3) is 0 Å². The lowest BCUT2D eigenvalue weighted by Crippen LogP contribution is -2.60. The van der Waals surface area contributed by atoms with E-state index in [1.165, 1.54) is 28.3 Å². The number of hydrogen-bond acceptors (Lipinski definition) is 7. The minimum atomic E-state index is -1.16. The second-order valence-corrected chi connectivity index (χ2v) is 3.97. The van der Waals surface area contributed by atoms with Crippen LogP contribution in [0.25, 0.3) is 0 Å². The zero-order chi connectivity index (χ0) is 13.7. The topological polar surface area (TPSA) is 83.5 Å². The van der Waals surface area contributed by atoms with Crippen LogP contribution in [0.3, 0.4) is 0 Å². The lowest BCUT2D eigenvalue weighted by molar-refractivity contribution is -0.300. The van der Waals surface area contributed by atoms with E-state index in [-0.39, 0.29) is 6.61 Å². The molecule has 0 bridgehead atoms. The molecule has 1 aliphatic rings. The number of carbonyl (C=O) groups excluding carboxylic acids is 1. The molecule has 1 fully saturated rings. The van der Waals surface area contributed by atoms with Crippen LogP contribution in [0.4, 0.5) is 0 Å². The number of rotatable bonds is 5. The van der Waals surface area contributed by atoms with E-state index in [0.717, 1.165) is 0 Å². The minimum Gasteiger partial charge on any atom is -0.463 e. The SMILES string of the molecule is COC1C(OC)[C@@H](O)OC(COC(C)=O)[C@H]1OC. The van der Waals surface area contributed by atoms with E-state index >= 15 is 0 Å². The third-order valence-corrected chi connectivity index (χ3v) is 2.88. The summed E-state index contributed by atoms with van der Waals surface area (Å²) in [6, 6.07) is 0. The van der Waals surface area contributed by atoms with Gasteiger partial charge in [-0.15, -0.1) is 0 Å². The van der Waals surface area contributed by atoms with Crippen LogP contribution in [0.15, 0.2) is 0 Å². The van der Waals surface area contributed by atoms with Crippen molar-refractivity contribution in [3.63, 3.8) is 0 Å². The van der Waals surface area contributed by atoms with Crippen molar-refractivity contribution in [2.75, 3.05) is 27.9 Å². The number of esters is 1. The molecule has 1 N–H and O–H groups in total. The van der Waals surface area contributed by atoms with Crippen molar-refractivity contribution in [3.8, 4) is 0 Å². The lowest BCUT2D eigenvalue weighted by Gasteiger charge is -2.42. The summed E-state index contributed by atoms with van der Waals surface area (Å²) in [6.07, 6.45) is -3.43. The van der Waals surface area contributed by atoms with Crippen molar-refractivity contribution >= 4 is 5.97 Å². The Morgan fingerprint density at radius 2 is 1.67 bits per heavy atom. The molecule has 7 heteroatoms. The predicted octanol–water partition coefficient (Wildman–Crippen LogP) is -0.688. The third-order valence-electron chi connectivity index (χ3n) is 2.88. The van der Waals surface area contributed by atoms with Crippen LogP contribution in [0, 0.1) is 0 Å². The molecule has 1 saturated heterocycles. The number of methoxy groups -OCH3 is 3. The number of hydrogen-bond donors (Lipinski definition) is 1. The zero-order valence-corrected chi connectivity index (χ0v) is 11.0. The highest BCUT2D eigenvalue weighted by atomic mass is 16.7. The van der Waals surface area contributed by atoms with Gasteiger partial charge in [-0.2, -0.15) is 0 Å². The first kappa shape index (κ1) is 15.3. The smallest absolute Gasteiger partial charge is 0.302 e. The van der Waals surface area contributed by atoms with E-state index in [0.29, 0.717) is 0 Å². The van der Waals surface area contributed by atoms with Gasteiger partial charge >= 0.3 is 5.97 Å². The average Bonchev–Trinajstić information content (AvgIpc) is 2.34. The Balaban J connectivity index is 2.76. The molecule has 0 aliphatic carbocycles. The van der Waals surface area contributed by atoms with E-state index in [9.17, 15) is 9.90 Å². The monoisotopic (exact) mass is 264 g/mol. The average molecular weight is 264 g/mol. The van der Waals surface area contributed by atoms with Gasteiger partial charge in [0.1, 0.15) is 31.0 Å². The summed E-state index contributed by atoms with van der Waals surface area (Å²) in [6.45, 7) is 1.29. The standard InChI is InChI=1S/C11H20O7/c1-6(12)17-5-7-8(14-2)9(15-3)10(16-4)11(13)18-7/h7-11,13H,5H2,1-4H3/t7?,8-,9?,10?,11+/m1/s1. The van der Waals surface area contributed by atoms with Crippen LogP contribution >= 0.6 is 0 Å². The molecule has 18 heavy (non-hydrogen) atoms. The van der Waals surface area contributed by atoms with Crippen LogP contribution in [0.2, 0.25) is 0 Å². The summed E-state index contributed by atoms with van der Waals surface area (Å²) in [5.41, 5.74) is 0. The molecule has 5 atom stereocenters. The van der Waals surface area contributed by atoms with Crippen molar-refractivity contribution < 1.29 is 33.6 Å². The first-order valence-corrected chi connectivity index (χ1v) is 5.60. The highest BCUT2D eigenvalue weighted by Gasteiger charge is 2.46. The van der Waals surface area contributed by atoms with Crippen LogP contribution in [-0.2, 0) is 28.5 Å². The molecule has 0 spiro atoms. The number of ether oxygens (including phenoxy) is 5. The molecule has 0 amide bonds. The van der Waals surface area contributed by atoms with Gasteiger partial charge in [0.15, 0.2) is 6.29 Å². The van der Waals surface area contributed by atoms with Crippen molar-refractivity contribution in [3.05, 3.63) is 0 Å². The Hall–Kier alpha value is -0.730. The summed E-state index contributed by atoms with van der Waals surface area (Å²) in [5.74, 6) is -0.425. The molecule has 0 aromatic rings. The van der Waals surface area contributed by atoms with Crippen LogP contribution in [0.1, 0.15) is 6.92 Å². The fourth-order valence-electron chi connectivity index (χ4n) is 2.03. The van der Waals surface area contributed by atoms with E-state index in [1.807, 2.05) is 0 Å². The summed E-state index contributed by atoms with van der Waals surface area (Å²) in [5, 5.41) is 9.80. The highest BCUT2D eigenvalue weighted by molar-refractivity contribution is 5.65. The van der Waals surface area contributed by atoms with Gasteiger partial charge < -0.3 is 28.8 Å². The van der Waals surface area contributed by atoms with E-state index in [2.05, 4.69) is 0 Å². The molecular formula is C11H20O7. The molecule has 7 nitrogen and oxygen atoms in total. The van der Waals surface area contributed by atoms with Crippen LogP contribution in [0.5, 0.6) is 0 Å². The largest absolute Gasteiger partial charge is 0.463 e. The second kappa shape index (κ2) is 7.01. The Bertz CT molecular complexity index is 270. The number of carbonyl (C=O) groups is 1. The van der Waals surface area contributed by atoms with Gasteiger partial charge in [-0.25, -0.2) is 0 Å². The fraction of sp³-hybridized carbons (Fsp3) is 0.909. The normalized spacial score (nSPS) is 36.4. The van der Waals surface area contributed by atoms with Crippen molar-refractivity contribution in [2.45, 2.75) is 37.6 Å². The van der Waals surface area contributed by atoms with Crippen LogP contribution < -0.4 is 0 Å². The summed E-state index contributed by atoms with van der Waals surface area (Å²) < 4.78 is 25.9. The molecule has 3 unspecified atom stereocenters. The lowest BCUT2D eigenvalue weighted by atomic mass is 9.98. The van der Waals surface area contributed by atoms with Crippen molar-refractivity contribution in [1.29, 1.82) is 0 Å². The zero-order valence-electron chi connectivity index (χ0n) is 11.0. The molecule has 106 valence electrons. The highest BCUT2D eigenvalue weighted by Crippen LogP contribution is 2.26. The van der Waals surface area contributed by atoms with E-state index in [4.69, 9.17) is 23.7 Å². The molecule has 1 heterocycles. The maximum absolute atomic E-state index is 10.8. The van der Waals surface area contributed by atoms with Gasteiger partial charge in [0, 0.05) is 28.3 Å². The number of aliphatic hydroxyl groups excluding tert-OH is 1. The van der Waals surface area contributed by atoms with E-state index in [1.54, 1.807) is 0 Å². The van der Waals surface area contributed by atoms with E-state index < -0.39 is 36.7 Å². The van der Waals surface area contributed by atoms with Gasteiger partial charge in [-0.05, 0) is 0 Å². The second-order valence-electron chi connectivity index (χ2n) is 3.97. The Morgan fingerprint density at radius 3 is 2.11 bits per heavy atom. The van der Waals surface area contributed by atoms with Gasteiger partial charge in [0.05, 0.1) is 0 Å². The predicted molar refractivity (Wildman–Crippen MR) is 59.9 cm³/mol. The summed E-state index contributed by atoms with van der Waals surface area (Å²) in [4.78, 5) is 10.8.